The number of unbranched alkanes of at least 4 members (excludes halogenated alkanes) is 14. The summed E-state index contributed by atoms with van der Waals surface area (Å²) in [5.74, 6) is -0.395. The van der Waals surface area contributed by atoms with Gasteiger partial charge < -0.3 is 64.2 Å². The normalized spacial score (nSPS) is 28.3. The fourth-order valence-electron chi connectivity index (χ4n) is 6.83. The van der Waals surface area contributed by atoms with Crippen molar-refractivity contribution < 1.29 is 69.0 Å². The highest BCUT2D eigenvalue weighted by Crippen LogP contribution is 2.26. The van der Waals surface area contributed by atoms with Gasteiger partial charge in [0.15, 0.2) is 12.6 Å². The van der Waals surface area contributed by atoms with Crippen LogP contribution in [0.1, 0.15) is 142 Å². The molecule has 344 valence electrons. The maximum atomic E-state index is 12.9. The molecular weight excluding hydrogens is 764 g/mol. The molecule has 14 nitrogen and oxygen atoms in total. The van der Waals surface area contributed by atoms with Crippen molar-refractivity contribution in [3.8, 4) is 0 Å². The number of hydrogen-bond acceptors (Lipinski definition) is 14. The van der Waals surface area contributed by atoms with Crippen molar-refractivity contribution in [2.75, 3.05) is 33.0 Å². The first-order valence-electron chi connectivity index (χ1n) is 22.6. The maximum Gasteiger partial charge on any atom is 0.306 e. The third-order valence-corrected chi connectivity index (χ3v) is 10.6. The molecule has 2 fully saturated rings. The molecule has 14 heteroatoms. The van der Waals surface area contributed by atoms with Crippen molar-refractivity contribution >= 4 is 5.97 Å². The fraction of sp³-hybridized carbons (Fsp3) is 0.844. The van der Waals surface area contributed by atoms with E-state index in [0.717, 1.165) is 77.0 Å². The molecular formula is C45H80O14. The van der Waals surface area contributed by atoms with Crippen LogP contribution >= 0.6 is 0 Å². The number of rotatable bonds is 34. The molecule has 0 aromatic heterocycles. The lowest BCUT2D eigenvalue weighted by Gasteiger charge is -2.42. The van der Waals surface area contributed by atoms with Crippen LogP contribution in [-0.2, 0) is 33.2 Å². The second kappa shape index (κ2) is 33.8. The third kappa shape index (κ3) is 22.8. The van der Waals surface area contributed by atoms with Crippen molar-refractivity contribution in [1.29, 1.82) is 0 Å². The predicted octanol–water partition coefficient (Wildman–Crippen LogP) is 5.07. The first-order valence-corrected chi connectivity index (χ1v) is 22.6. The standard InChI is InChI=1S/C45H80O14/c1-3-5-7-9-11-13-15-16-17-18-20-22-24-26-28-37(47)57-34(31-54-29-27-25-23-21-19-14-12-10-8-6-4-2)32-55-44-43(53)41(51)39(49)36(59-44)33-56-45-42(52)40(50)38(48)35(30-46)58-45/h8-11,15-16,34-36,38-46,48-53H,3-7,12-14,17-33H2,1-2H3/b10-8-,11-9-,16-15-. The van der Waals surface area contributed by atoms with Crippen molar-refractivity contribution in [2.24, 2.45) is 0 Å². The topological polar surface area (TPSA) is 214 Å². The first kappa shape index (κ1) is 53.3. The minimum absolute atomic E-state index is 0.0511. The van der Waals surface area contributed by atoms with Gasteiger partial charge in [-0.3, -0.25) is 4.79 Å². The fourth-order valence-corrected chi connectivity index (χ4v) is 6.83. The molecule has 0 aromatic carbocycles. The van der Waals surface area contributed by atoms with E-state index >= 15 is 0 Å². The molecule has 2 heterocycles. The van der Waals surface area contributed by atoms with Crippen LogP contribution in [0.5, 0.6) is 0 Å². The Kier molecular flexibility index (Phi) is 30.6. The van der Waals surface area contributed by atoms with E-state index in [9.17, 15) is 40.5 Å². The Morgan fingerprint density at radius 2 is 1.08 bits per heavy atom. The Balaban J connectivity index is 1.83. The van der Waals surface area contributed by atoms with Crippen LogP contribution in [0.25, 0.3) is 0 Å². The average molecular weight is 845 g/mol. The molecule has 0 amide bonds. The van der Waals surface area contributed by atoms with Gasteiger partial charge in [0.2, 0.25) is 0 Å². The van der Waals surface area contributed by atoms with Gasteiger partial charge in [-0.05, 0) is 57.8 Å². The van der Waals surface area contributed by atoms with Crippen molar-refractivity contribution in [2.45, 2.75) is 210 Å². The Morgan fingerprint density at radius 1 is 0.559 bits per heavy atom. The number of aliphatic hydroxyl groups is 7. The van der Waals surface area contributed by atoms with Gasteiger partial charge >= 0.3 is 5.97 Å². The SMILES string of the molecule is CCC/C=C\CCCCCCCCOCC(COC1OC(COC2OC(CO)C(O)C(O)C2O)C(O)C(O)C1O)OC(=O)CCCCCCC/C=C\C/C=C\CCCC. The van der Waals surface area contributed by atoms with Gasteiger partial charge in [-0.1, -0.05) is 115 Å². The molecule has 59 heavy (non-hydrogen) atoms. The van der Waals surface area contributed by atoms with E-state index in [2.05, 4.69) is 50.3 Å². The molecule has 2 aliphatic rings. The van der Waals surface area contributed by atoms with Gasteiger partial charge in [0.1, 0.15) is 54.9 Å². The van der Waals surface area contributed by atoms with Crippen molar-refractivity contribution in [1.82, 2.24) is 0 Å². The molecule has 0 aliphatic carbocycles. The Morgan fingerprint density at radius 3 is 1.71 bits per heavy atom. The molecule has 2 aliphatic heterocycles. The minimum atomic E-state index is -1.71. The Bertz CT molecular complexity index is 1120. The third-order valence-electron chi connectivity index (χ3n) is 10.6. The molecule has 11 unspecified atom stereocenters. The molecule has 0 bridgehead atoms. The Labute approximate surface area is 353 Å². The lowest BCUT2D eigenvalue weighted by atomic mass is 9.98. The summed E-state index contributed by atoms with van der Waals surface area (Å²) in [6, 6.07) is 0. The highest BCUT2D eigenvalue weighted by molar-refractivity contribution is 5.69. The maximum absolute atomic E-state index is 12.9. The number of esters is 1. The summed E-state index contributed by atoms with van der Waals surface area (Å²) in [7, 11) is 0. The summed E-state index contributed by atoms with van der Waals surface area (Å²) in [6.45, 7) is 3.53. The van der Waals surface area contributed by atoms with E-state index in [1.54, 1.807) is 0 Å². The highest BCUT2D eigenvalue weighted by atomic mass is 16.7. The van der Waals surface area contributed by atoms with E-state index in [1.165, 1.54) is 38.5 Å². The van der Waals surface area contributed by atoms with Gasteiger partial charge in [0, 0.05) is 13.0 Å². The quantitative estimate of drug-likeness (QED) is 0.0256. The van der Waals surface area contributed by atoms with E-state index in [0.29, 0.717) is 13.0 Å². The Hall–Kier alpha value is -1.79. The van der Waals surface area contributed by atoms with Crippen LogP contribution in [0, 0.1) is 0 Å². The van der Waals surface area contributed by atoms with E-state index < -0.39 is 86.7 Å². The van der Waals surface area contributed by atoms with E-state index in [4.69, 9.17) is 28.4 Å². The summed E-state index contributed by atoms with van der Waals surface area (Å²) in [5, 5.41) is 71.8. The first-order chi connectivity index (χ1) is 28.6. The number of aliphatic hydroxyl groups excluding tert-OH is 7. The van der Waals surface area contributed by atoms with Crippen molar-refractivity contribution in [3.63, 3.8) is 0 Å². The van der Waals surface area contributed by atoms with Crippen LogP contribution in [0.15, 0.2) is 36.5 Å². The minimum Gasteiger partial charge on any atom is -0.457 e. The molecule has 0 radical (unpaired) electrons. The highest BCUT2D eigenvalue weighted by Gasteiger charge is 2.47. The largest absolute Gasteiger partial charge is 0.457 e. The van der Waals surface area contributed by atoms with Crippen LogP contribution < -0.4 is 0 Å². The summed E-state index contributed by atoms with van der Waals surface area (Å²) in [4.78, 5) is 12.9. The number of carbonyl (C=O) groups excluding carboxylic acids is 1. The van der Waals surface area contributed by atoms with Crippen LogP contribution in [0.3, 0.4) is 0 Å². The van der Waals surface area contributed by atoms with Gasteiger partial charge in [-0.2, -0.15) is 0 Å². The molecule has 2 saturated heterocycles. The van der Waals surface area contributed by atoms with Gasteiger partial charge in [-0.15, -0.1) is 0 Å². The van der Waals surface area contributed by atoms with Crippen LogP contribution in [0.4, 0.5) is 0 Å². The molecule has 2 rings (SSSR count). The summed E-state index contributed by atoms with van der Waals surface area (Å²) < 4.78 is 34.1. The molecule has 11 atom stereocenters. The monoisotopic (exact) mass is 845 g/mol. The molecule has 0 aromatic rings. The zero-order valence-corrected chi connectivity index (χ0v) is 36.0. The van der Waals surface area contributed by atoms with Gasteiger partial charge in [0.25, 0.3) is 0 Å². The van der Waals surface area contributed by atoms with E-state index in [-0.39, 0.29) is 19.6 Å². The smallest absolute Gasteiger partial charge is 0.306 e. The molecule has 7 N–H and O–H groups in total. The summed E-state index contributed by atoms with van der Waals surface area (Å²) in [6.07, 6.45) is 17.9. The molecule has 0 saturated carbocycles. The average Bonchev–Trinajstić information content (AvgIpc) is 3.23. The van der Waals surface area contributed by atoms with Crippen LogP contribution in [-0.4, -0.2) is 142 Å². The predicted molar refractivity (Wildman–Crippen MR) is 224 cm³/mol. The summed E-state index contributed by atoms with van der Waals surface area (Å²) >= 11 is 0. The molecule has 0 spiro atoms. The second-order valence-electron chi connectivity index (χ2n) is 15.9. The zero-order chi connectivity index (χ0) is 43.1. The number of hydrogen-bond donors (Lipinski definition) is 7. The number of allylic oxidation sites excluding steroid dienone is 6. The van der Waals surface area contributed by atoms with Crippen LogP contribution in [0.2, 0.25) is 0 Å². The van der Waals surface area contributed by atoms with Gasteiger partial charge in [-0.25, -0.2) is 0 Å². The lowest BCUT2D eigenvalue weighted by Crippen LogP contribution is -2.61. The summed E-state index contributed by atoms with van der Waals surface area (Å²) in [5.41, 5.74) is 0. The van der Waals surface area contributed by atoms with E-state index in [1.807, 2.05) is 0 Å². The van der Waals surface area contributed by atoms with Crippen molar-refractivity contribution in [3.05, 3.63) is 36.5 Å². The zero-order valence-electron chi connectivity index (χ0n) is 36.0. The number of ether oxygens (including phenoxy) is 6. The second-order valence-corrected chi connectivity index (χ2v) is 15.9. The number of carbonyl (C=O) groups is 1. The lowest BCUT2D eigenvalue weighted by molar-refractivity contribution is -0.332. The van der Waals surface area contributed by atoms with Gasteiger partial charge in [0.05, 0.1) is 26.4 Å².